The molecule has 1 aliphatic carbocycles. The highest BCUT2D eigenvalue weighted by Gasteiger charge is 2.27. The van der Waals surface area contributed by atoms with Crippen LogP contribution in [0.3, 0.4) is 0 Å². The summed E-state index contributed by atoms with van der Waals surface area (Å²) in [6.45, 7) is 6.42. The molecule has 1 atom stereocenters. The normalized spacial score (nSPS) is 25.7. The fourth-order valence-electron chi connectivity index (χ4n) is 2.95. The van der Waals surface area contributed by atoms with Gasteiger partial charge in [0, 0.05) is 5.92 Å². The highest BCUT2D eigenvalue weighted by Crippen LogP contribution is 2.36. The Morgan fingerprint density at radius 2 is 1.95 bits per heavy atom. The lowest BCUT2D eigenvalue weighted by Gasteiger charge is -2.26. The molecular weight excluding hydrogens is 238 g/mol. The molecule has 1 aromatic heterocycles. The van der Waals surface area contributed by atoms with Gasteiger partial charge in [0.05, 0.1) is 6.04 Å². The zero-order valence-electron chi connectivity index (χ0n) is 12.4. The van der Waals surface area contributed by atoms with E-state index < -0.39 is 0 Å². The Hall–Kier alpha value is -0.900. The molecule has 0 radical (unpaired) electrons. The molecule has 1 aromatic rings. The molecule has 2 N–H and O–H groups in total. The maximum Gasteiger partial charge on any atom is 0.243 e. The van der Waals surface area contributed by atoms with Gasteiger partial charge in [0.25, 0.3) is 0 Å². The molecule has 0 unspecified atom stereocenters. The van der Waals surface area contributed by atoms with E-state index in [4.69, 9.17) is 10.3 Å². The Balaban J connectivity index is 1.93. The topological polar surface area (TPSA) is 64.9 Å². The van der Waals surface area contributed by atoms with Gasteiger partial charge >= 0.3 is 0 Å². The molecule has 1 heterocycles. The van der Waals surface area contributed by atoms with E-state index in [9.17, 15) is 0 Å². The Morgan fingerprint density at radius 3 is 2.53 bits per heavy atom. The Kier molecular flexibility index (Phi) is 4.97. The zero-order chi connectivity index (χ0) is 13.8. The van der Waals surface area contributed by atoms with E-state index in [-0.39, 0.29) is 6.04 Å². The van der Waals surface area contributed by atoms with Crippen LogP contribution in [0.2, 0.25) is 0 Å². The Bertz CT molecular complexity index is 380. The molecule has 2 rings (SSSR count). The number of aromatic nitrogens is 2. The fraction of sp³-hybridized carbons (Fsp3) is 0.867. The van der Waals surface area contributed by atoms with Gasteiger partial charge in [-0.15, -0.1) is 0 Å². The van der Waals surface area contributed by atoms with Crippen LogP contribution in [0.15, 0.2) is 4.52 Å². The predicted octanol–water partition coefficient (Wildman–Crippen LogP) is 3.80. The molecule has 0 aliphatic heterocycles. The summed E-state index contributed by atoms with van der Waals surface area (Å²) in [6, 6.07) is -0.141. The van der Waals surface area contributed by atoms with Gasteiger partial charge in [-0.1, -0.05) is 38.8 Å². The van der Waals surface area contributed by atoms with Gasteiger partial charge in [-0.2, -0.15) is 4.98 Å². The van der Waals surface area contributed by atoms with Crippen molar-refractivity contribution in [2.75, 3.05) is 0 Å². The quantitative estimate of drug-likeness (QED) is 0.879. The minimum atomic E-state index is -0.141. The second-order valence-corrected chi connectivity index (χ2v) is 6.27. The molecule has 0 amide bonds. The maximum atomic E-state index is 6.05. The maximum absolute atomic E-state index is 6.05. The number of nitrogens with two attached hydrogens (primary N) is 1. The van der Waals surface area contributed by atoms with Crippen LogP contribution in [0.25, 0.3) is 0 Å². The molecule has 4 heteroatoms. The third kappa shape index (κ3) is 3.56. The van der Waals surface area contributed by atoms with Gasteiger partial charge in [0.15, 0.2) is 5.82 Å². The molecule has 0 aromatic carbocycles. The van der Waals surface area contributed by atoms with Gasteiger partial charge in [0.1, 0.15) is 0 Å². The van der Waals surface area contributed by atoms with Crippen LogP contribution in [0, 0.1) is 11.8 Å². The van der Waals surface area contributed by atoms with Crippen LogP contribution in [-0.4, -0.2) is 10.1 Å². The fourth-order valence-corrected chi connectivity index (χ4v) is 2.95. The first kappa shape index (κ1) is 14.5. The lowest BCUT2D eigenvalue weighted by atomic mass is 9.80. The van der Waals surface area contributed by atoms with E-state index in [2.05, 4.69) is 30.9 Å². The van der Waals surface area contributed by atoms with Gasteiger partial charge in [-0.25, -0.2) is 0 Å². The number of nitrogens with zero attached hydrogens (tertiary/aromatic N) is 2. The van der Waals surface area contributed by atoms with Crippen molar-refractivity contribution >= 4 is 0 Å². The van der Waals surface area contributed by atoms with Crippen molar-refractivity contribution in [3.63, 3.8) is 0 Å². The van der Waals surface area contributed by atoms with Gasteiger partial charge < -0.3 is 10.3 Å². The van der Waals surface area contributed by atoms with Gasteiger partial charge in [-0.05, 0) is 37.5 Å². The molecule has 1 saturated carbocycles. The second-order valence-electron chi connectivity index (χ2n) is 6.27. The SMILES string of the molecule is CCCC1CCC(c2noc([C@@H](N)C(C)C)n2)CC1. The first-order chi connectivity index (χ1) is 9.11. The number of rotatable bonds is 5. The average molecular weight is 265 g/mol. The highest BCUT2D eigenvalue weighted by molar-refractivity contribution is 5.00. The zero-order valence-corrected chi connectivity index (χ0v) is 12.4. The summed E-state index contributed by atoms with van der Waals surface area (Å²) in [6.07, 6.45) is 7.66. The van der Waals surface area contributed by atoms with E-state index in [0.717, 1.165) is 11.7 Å². The van der Waals surface area contributed by atoms with Crippen LogP contribution < -0.4 is 5.73 Å². The summed E-state index contributed by atoms with van der Waals surface area (Å²) < 4.78 is 5.33. The van der Waals surface area contributed by atoms with E-state index >= 15 is 0 Å². The largest absolute Gasteiger partial charge is 0.338 e. The highest BCUT2D eigenvalue weighted by atomic mass is 16.5. The van der Waals surface area contributed by atoms with E-state index in [0.29, 0.717) is 17.7 Å². The van der Waals surface area contributed by atoms with Crippen LogP contribution >= 0.6 is 0 Å². The molecular formula is C15H27N3O. The third-order valence-electron chi connectivity index (χ3n) is 4.37. The Morgan fingerprint density at radius 1 is 1.26 bits per heavy atom. The van der Waals surface area contributed by atoms with Crippen molar-refractivity contribution in [2.24, 2.45) is 17.6 Å². The summed E-state index contributed by atoms with van der Waals surface area (Å²) in [7, 11) is 0. The minimum Gasteiger partial charge on any atom is -0.338 e. The molecule has 1 aliphatic rings. The average Bonchev–Trinajstić information content (AvgIpc) is 2.88. The van der Waals surface area contributed by atoms with E-state index in [1.807, 2.05) is 0 Å². The molecule has 19 heavy (non-hydrogen) atoms. The van der Waals surface area contributed by atoms with E-state index in [1.165, 1.54) is 38.5 Å². The van der Waals surface area contributed by atoms with Crippen molar-refractivity contribution in [1.29, 1.82) is 0 Å². The summed E-state index contributed by atoms with van der Waals surface area (Å²) in [5.41, 5.74) is 6.05. The van der Waals surface area contributed by atoms with Crippen molar-refractivity contribution in [1.82, 2.24) is 10.1 Å². The lowest BCUT2D eigenvalue weighted by molar-refractivity contribution is 0.290. The summed E-state index contributed by atoms with van der Waals surface area (Å²) in [5, 5.41) is 4.15. The predicted molar refractivity (Wildman–Crippen MR) is 75.7 cm³/mol. The minimum absolute atomic E-state index is 0.141. The summed E-state index contributed by atoms with van der Waals surface area (Å²) in [4.78, 5) is 4.52. The molecule has 0 saturated heterocycles. The van der Waals surface area contributed by atoms with E-state index in [1.54, 1.807) is 0 Å². The molecule has 108 valence electrons. The lowest BCUT2D eigenvalue weighted by Crippen LogP contribution is -2.17. The van der Waals surface area contributed by atoms with Crippen molar-refractivity contribution in [3.8, 4) is 0 Å². The Labute approximate surface area is 116 Å². The first-order valence-corrected chi connectivity index (χ1v) is 7.70. The van der Waals surface area contributed by atoms with Crippen LogP contribution in [0.4, 0.5) is 0 Å². The third-order valence-corrected chi connectivity index (χ3v) is 4.37. The molecule has 4 nitrogen and oxygen atoms in total. The smallest absolute Gasteiger partial charge is 0.243 e. The number of hydrogen-bond donors (Lipinski definition) is 1. The van der Waals surface area contributed by atoms with Gasteiger partial charge in [0.2, 0.25) is 5.89 Å². The van der Waals surface area contributed by atoms with Crippen molar-refractivity contribution < 1.29 is 4.52 Å². The van der Waals surface area contributed by atoms with Crippen molar-refractivity contribution in [3.05, 3.63) is 11.7 Å². The first-order valence-electron chi connectivity index (χ1n) is 7.70. The molecule has 0 spiro atoms. The van der Waals surface area contributed by atoms with Gasteiger partial charge in [-0.3, -0.25) is 0 Å². The summed E-state index contributed by atoms with van der Waals surface area (Å²) >= 11 is 0. The van der Waals surface area contributed by atoms with Crippen LogP contribution in [0.5, 0.6) is 0 Å². The standard InChI is InChI=1S/C15H27N3O/c1-4-5-11-6-8-12(9-7-11)14-17-15(19-18-14)13(16)10(2)3/h10-13H,4-9,16H2,1-3H3/t11?,12?,13-/m0/s1. The summed E-state index contributed by atoms with van der Waals surface area (Å²) in [5.74, 6) is 3.19. The van der Waals surface area contributed by atoms with Crippen LogP contribution in [0.1, 0.15) is 83.0 Å². The second kappa shape index (κ2) is 6.51. The number of hydrogen-bond acceptors (Lipinski definition) is 4. The van der Waals surface area contributed by atoms with Crippen LogP contribution in [-0.2, 0) is 0 Å². The molecule has 1 fully saturated rings. The van der Waals surface area contributed by atoms with Crippen molar-refractivity contribution in [2.45, 2.75) is 71.3 Å². The monoisotopic (exact) mass is 265 g/mol. The molecule has 0 bridgehead atoms.